The molecule has 9 nitrogen and oxygen atoms in total. The van der Waals surface area contributed by atoms with Crippen LogP contribution in [-0.4, -0.2) is 41.3 Å². The van der Waals surface area contributed by atoms with E-state index in [0.29, 0.717) is 17.8 Å². The molecule has 1 atom stereocenters. The maximum atomic E-state index is 14.0. The van der Waals surface area contributed by atoms with Gasteiger partial charge in [-0.15, -0.1) is 0 Å². The number of amides is 1. The molecule has 162 valence electrons. The molecule has 0 radical (unpaired) electrons. The summed E-state index contributed by atoms with van der Waals surface area (Å²) < 4.78 is 18.9. The molecular weight excluding hydrogens is 435 g/mol. The van der Waals surface area contributed by atoms with Gasteiger partial charge in [-0.1, -0.05) is 11.6 Å². The molecule has 1 unspecified atom stereocenters. The van der Waals surface area contributed by atoms with Gasteiger partial charge in [-0.05, 0) is 31.2 Å². The largest absolute Gasteiger partial charge is 0.346 e. The Morgan fingerprint density at radius 3 is 2.81 bits per heavy atom. The second kappa shape index (κ2) is 8.64. The number of aryl methyl sites for hydroxylation is 1. The van der Waals surface area contributed by atoms with Crippen molar-refractivity contribution < 1.29 is 9.18 Å². The van der Waals surface area contributed by atoms with Crippen molar-refractivity contribution in [3.63, 3.8) is 0 Å². The highest BCUT2D eigenvalue weighted by Crippen LogP contribution is 2.26. The number of halogens is 2. The van der Waals surface area contributed by atoms with E-state index >= 15 is 0 Å². The van der Waals surface area contributed by atoms with Gasteiger partial charge in [-0.3, -0.25) is 14.2 Å². The molecule has 11 heteroatoms. The number of hydrogen-bond donors (Lipinski definition) is 1. The summed E-state index contributed by atoms with van der Waals surface area (Å²) in [4.78, 5) is 12.5. The summed E-state index contributed by atoms with van der Waals surface area (Å²) in [7, 11) is 1.80. The second-order valence-electron chi connectivity index (χ2n) is 7.24. The van der Waals surface area contributed by atoms with Crippen molar-refractivity contribution in [3.05, 3.63) is 71.2 Å². The van der Waals surface area contributed by atoms with E-state index in [4.69, 9.17) is 16.9 Å². The van der Waals surface area contributed by atoms with E-state index in [1.54, 1.807) is 64.1 Å². The number of carbonyl (C=O) groups is 1. The zero-order chi connectivity index (χ0) is 22.8. The number of benzene rings is 1. The summed E-state index contributed by atoms with van der Waals surface area (Å²) in [6.07, 6.45) is 6.86. The maximum absolute atomic E-state index is 14.0. The van der Waals surface area contributed by atoms with Crippen LogP contribution in [0.2, 0.25) is 5.02 Å². The lowest BCUT2D eigenvalue weighted by atomic mass is 10.1. The number of rotatable bonds is 6. The van der Waals surface area contributed by atoms with Crippen molar-refractivity contribution in [2.24, 2.45) is 7.05 Å². The lowest BCUT2D eigenvalue weighted by molar-refractivity contribution is 0.0930. The van der Waals surface area contributed by atoms with Gasteiger partial charge in [0.2, 0.25) is 0 Å². The molecule has 0 aliphatic heterocycles. The lowest BCUT2D eigenvalue weighted by Gasteiger charge is -2.13. The topological polar surface area (TPSA) is 106 Å². The summed E-state index contributed by atoms with van der Waals surface area (Å²) in [6.45, 7) is 2.23. The van der Waals surface area contributed by atoms with Crippen molar-refractivity contribution in [1.29, 1.82) is 5.26 Å². The number of nitrogens with one attached hydrogen (secondary N) is 1. The van der Waals surface area contributed by atoms with Gasteiger partial charge >= 0.3 is 0 Å². The minimum Gasteiger partial charge on any atom is -0.346 e. The van der Waals surface area contributed by atoms with Gasteiger partial charge in [-0.2, -0.15) is 20.6 Å². The van der Waals surface area contributed by atoms with Gasteiger partial charge in [-0.25, -0.2) is 9.07 Å². The molecule has 3 aromatic heterocycles. The standard InChI is InChI=1S/C21H18ClFN8O/c1-13(26-21(32)20-4-6-31(28-20)15-10-25-29(2)12-15)11-30-5-3-19(27-30)14-7-17(22)16(9-24)18(23)8-14/h3-8,10,12-13H,11H2,1-2H3,(H,26,32). The molecule has 1 aromatic carbocycles. The van der Waals surface area contributed by atoms with E-state index in [2.05, 4.69) is 20.6 Å². The third-order valence-electron chi connectivity index (χ3n) is 4.71. The lowest BCUT2D eigenvalue weighted by Crippen LogP contribution is -2.36. The highest BCUT2D eigenvalue weighted by atomic mass is 35.5. The fourth-order valence-corrected chi connectivity index (χ4v) is 3.43. The van der Waals surface area contributed by atoms with Crippen LogP contribution in [0, 0.1) is 17.1 Å². The average molecular weight is 453 g/mol. The Morgan fingerprint density at radius 1 is 1.31 bits per heavy atom. The van der Waals surface area contributed by atoms with Gasteiger partial charge < -0.3 is 5.32 Å². The SMILES string of the molecule is CC(Cn1ccc(-c2cc(F)c(C#N)c(Cl)c2)n1)NC(=O)c1ccn(-c2cnn(C)c2)n1. The van der Waals surface area contributed by atoms with Crippen LogP contribution in [0.4, 0.5) is 4.39 Å². The van der Waals surface area contributed by atoms with E-state index in [1.165, 1.54) is 12.1 Å². The number of hydrogen-bond acceptors (Lipinski definition) is 5. The Morgan fingerprint density at radius 2 is 2.12 bits per heavy atom. The molecule has 1 amide bonds. The highest BCUT2D eigenvalue weighted by Gasteiger charge is 2.16. The van der Waals surface area contributed by atoms with Crippen LogP contribution in [0.3, 0.4) is 0 Å². The molecule has 0 saturated carbocycles. The Hall–Kier alpha value is -3.97. The molecule has 0 fully saturated rings. The summed E-state index contributed by atoms with van der Waals surface area (Å²) in [6, 6.07) is 7.55. The average Bonchev–Trinajstić information content (AvgIpc) is 3.48. The van der Waals surface area contributed by atoms with Crippen molar-refractivity contribution in [2.75, 3.05) is 0 Å². The molecule has 32 heavy (non-hydrogen) atoms. The van der Waals surface area contributed by atoms with Crippen LogP contribution < -0.4 is 5.32 Å². The van der Waals surface area contributed by atoms with E-state index in [0.717, 1.165) is 5.69 Å². The maximum Gasteiger partial charge on any atom is 0.272 e. The monoisotopic (exact) mass is 452 g/mol. The third kappa shape index (κ3) is 4.38. The zero-order valence-electron chi connectivity index (χ0n) is 17.2. The first-order valence-corrected chi connectivity index (χ1v) is 10.0. The van der Waals surface area contributed by atoms with Crippen molar-refractivity contribution in [3.8, 4) is 23.0 Å². The normalized spacial score (nSPS) is 11.8. The van der Waals surface area contributed by atoms with Crippen LogP contribution in [0.1, 0.15) is 23.0 Å². The molecular formula is C21H18ClFN8O. The minimum atomic E-state index is -0.698. The zero-order valence-corrected chi connectivity index (χ0v) is 18.0. The summed E-state index contributed by atoms with van der Waals surface area (Å²) in [5.74, 6) is -1.01. The molecule has 0 aliphatic carbocycles. The Bertz CT molecular complexity index is 1310. The third-order valence-corrected chi connectivity index (χ3v) is 5.00. The molecule has 4 rings (SSSR count). The number of nitriles is 1. The van der Waals surface area contributed by atoms with Crippen LogP contribution in [0.5, 0.6) is 0 Å². The molecule has 0 spiro atoms. The van der Waals surface area contributed by atoms with E-state index in [-0.39, 0.29) is 28.2 Å². The fourth-order valence-electron chi connectivity index (χ4n) is 3.18. The van der Waals surface area contributed by atoms with Crippen molar-refractivity contribution in [1.82, 2.24) is 34.7 Å². The van der Waals surface area contributed by atoms with Crippen LogP contribution in [-0.2, 0) is 13.6 Å². The van der Waals surface area contributed by atoms with Crippen LogP contribution in [0.15, 0.2) is 49.1 Å². The van der Waals surface area contributed by atoms with Crippen molar-refractivity contribution in [2.45, 2.75) is 19.5 Å². The summed E-state index contributed by atoms with van der Waals surface area (Å²) in [5.41, 5.74) is 1.80. The number of carbonyl (C=O) groups excluding carboxylic acids is 1. The molecule has 0 aliphatic rings. The van der Waals surface area contributed by atoms with Gasteiger partial charge in [0.05, 0.1) is 29.7 Å². The fraction of sp³-hybridized carbons (Fsp3) is 0.190. The highest BCUT2D eigenvalue weighted by molar-refractivity contribution is 6.32. The first-order chi connectivity index (χ1) is 15.3. The van der Waals surface area contributed by atoms with Crippen LogP contribution in [0.25, 0.3) is 16.9 Å². The van der Waals surface area contributed by atoms with Gasteiger partial charge in [0, 0.05) is 31.0 Å². The van der Waals surface area contributed by atoms with E-state index < -0.39 is 5.82 Å². The van der Waals surface area contributed by atoms with Crippen LogP contribution >= 0.6 is 11.6 Å². The Kier molecular flexibility index (Phi) is 5.75. The van der Waals surface area contributed by atoms with Gasteiger partial charge in [0.1, 0.15) is 23.1 Å². The molecule has 4 aromatic rings. The summed E-state index contributed by atoms with van der Waals surface area (Å²) in [5, 5.41) is 24.6. The number of nitrogens with zero attached hydrogens (tertiary/aromatic N) is 7. The predicted molar refractivity (Wildman–Crippen MR) is 115 cm³/mol. The Balaban J connectivity index is 1.40. The number of aromatic nitrogens is 6. The quantitative estimate of drug-likeness (QED) is 0.484. The first-order valence-electron chi connectivity index (χ1n) is 9.62. The molecule has 3 heterocycles. The minimum absolute atomic E-state index is 0.0309. The van der Waals surface area contributed by atoms with Gasteiger partial charge in [0.15, 0.2) is 5.69 Å². The second-order valence-corrected chi connectivity index (χ2v) is 7.65. The Labute approximate surface area is 187 Å². The van der Waals surface area contributed by atoms with E-state index in [1.807, 2.05) is 6.92 Å². The summed E-state index contributed by atoms with van der Waals surface area (Å²) >= 11 is 5.98. The molecule has 1 N–H and O–H groups in total. The van der Waals surface area contributed by atoms with E-state index in [9.17, 15) is 9.18 Å². The first kappa shape index (κ1) is 21.3. The van der Waals surface area contributed by atoms with Gasteiger partial charge in [0.25, 0.3) is 5.91 Å². The smallest absolute Gasteiger partial charge is 0.272 e. The molecule has 0 bridgehead atoms. The predicted octanol–water partition coefficient (Wildman–Crippen LogP) is 2.95. The molecule has 0 saturated heterocycles. The van der Waals surface area contributed by atoms with Crippen molar-refractivity contribution >= 4 is 17.5 Å².